The second-order valence-electron chi connectivity index (χ2n) is 5.33. The van der Waals surface area contributed by atoms with Crippen LogP contribution in [0.25, 0.3) is 0 Å². The number of benzene rings is 1. The maximum atomic E-state index is 11.8. The van der Waals surface area contributed by atoms with Crippen LogP contribution in [-0.2, 0) is 10.0 Å². The molecule has 0 saturated heterocycles. The summed E-state index contributed by atoms with van der Waals surface area (Å²) in [6.07, 6.45) is 6.15. The average Bonchev–Trinajstić information content (AvgIpc) is 2.47. The van der Waals surface area contributed by atoms with Gasteiger partial charge in [-0.1, -0.05) is 19.3 Å². The molecule has 1 aliphatic rings. The molecule has 0 atom stereocenters. The Morgan fingerprint density at radius 2 is 1.90 bits per heavy atom. The molecule has 0 aromatic heterocycles. The number of nitrogens with two attached hydrogens (primary N) is 1. The lowest BCUT2D eigenvalue weighted by molar-refractivity contribution is 0.428. The Kier molecular flexibility index (Phi) is 4.55. The molecule has 1 aliphatic carbocycles. The number of nitrogen functional groups attached to an aromatic ring is 1. The normalized spacial score (nSPS) is 17.1. The Hall–Kier alpha value is -1.27. The Morgan fingerprint density at radius 3 is 2.45 bits per heavy atom. The number of hydrogen-bond acceptors (Lipinski definition) is 4. The second-order valence-corrected chi connectivity index (χ2v) is 7.22. The topological polar surface area (TPSA) is 75.4 Å². The van der Waals surface area contributed by atoms with E-state index in [1.807, 2.05) is 7.05 Å². The summed E-state index contributed by atoms with van der Waals surface area (Å²) in [6, 6.07) is 5.43. The van der Waals surface area contributed by atoms with Gasteiger partial charge in [-0.15, -0.1) is 0 Å². The molecule has 112 valence electrons. The van der Waals surface area contributed by atoms with Crippen molar-refractivity contribution in [2.45, 2.75) is 43.0 Å². The molecule has 0 heterocycles. The van der Waals surface area contributed by atoms with E-state index in [0.29, 0.717) is 11.7 Å². The van der Waals surface area contributed by atoms with Crippen LogP contribution in [0.3, 0.4) is 0 Å². The number of anilines is 2. The summed E-state index contributed by atoms with van der Waals surface area (Å²) in [6.45, 7) is 0. The largest absolute Gasteiger partial charge is 0.397 e. The quantitative estimate of drug-likeness (QED) is 0.833. The minimum absolute atomic E-state index is 0.207. The van der Waals surface area contributed by atoms with Crippen LogP contribution in [0.2, 0.25) is 0 Å². The maximum absolute atomic E-state index is 11.8. The highest BCUT2D eigenvalue weighted by Gasteiger charge is 2.21. The zero-order chi connectivity index (χ0) is 14.8. The van der Waals surface area contributed by atoms with Gasteiger partial charge in [0.25, 0.3) is 0 Å². The molecule has 1 aromatic carbocycles. The summed E-state index contributed by atoms with van der Waals surface area (Å²) in [5.74, 6) is 0. The number of hydrogen-bond donors (Lipinski definition) is 2. The predicted octanol–water partition coefficient (Wildman–Crippen LogP) is 1.95. The molecule has 0 spiro atoms. The second kappa shape index (κ2) is 6.01. The molecule has 5 nitrogen and oxygen atoms in total. The Bertz CT molecular complexity index is 566. The van der Waals surface area contributed by atoms with Crippen molar-refractivity contribution in [3.05, 3.63) is 18.2 Å². The van der Waals surface area contributed by atoms with Crippen molar-refractivity contribution in [3.8, 4) is 0 Å². The molecular weight excluding hydrogens is 274 g/mol. The molecule has 0 radical (unpaired) electrons. The standard InChI is InChI=1S/C14H23N3O2S/c1-16-20(18,19)12-8-9-14(13(15)10-12)17(2)11-6-4-3-5-7-11/h8-11,16H,3-7,15H2,1-2H3. The van der Waals surface area contributed by atoms with Crippen molar-refractivity contribution in [2.24, 2.45) is 0 Å². The van der Waals surface area contributed by atoms with Gasteiger partial charge in [0.15, 0.2) is 0 Å². The Morgan fingerprint density at radius 1 is 1.25 bits per heavy atom. The van der Waals surface area contributed by atoms with Gasteiger partial charge in [0.05, 0.1) is 16.3 Å². The van der Waals surface area contributed by atoms with Crippen LogP contribution >= 0.6 is 0 Å². The third-order valence-electron chi connectivity index (χ3n) is 4.08. The van der Waals surface area contributed by atoms with Crippen molar-refractivity contribution in [3.63, 3.8) is 0 Å². The number of rotatable bonds is 4. The van der Waals surface area contributed by atoms with E-state index >= 15 is 0 Å². The smallest absolute Gasteiger partial charge is 0.240 e. The van der Waals surface area contributed by atoms with E-state index in [1.54, 1.807) is 12.1 Å². The zero-order valence-electron chi connectivity index (χ0n) is 12.1. The van der Waals surface area contributed by atoms with E-state index in [9.17, 15) is 8.42 Å². The summed E-state index contributed by atoms with van der Waals surface area (Å²) in [4.78, 5) is 2.39. The van der Waals surface area contributed by atoms with Crippen LogP contribution < -0.4 is 15.4 Å². The van der Waals surface area contributed by atoms with Gasteiger partial charge in [-0.2, -0.15) is 0 Å². The van der Waals surface area contributed by atoms with Crippen molar-refractivity contribution >= 4 is 21.4 Å². The fraction of sp³-hybridized carbons (Fsp3) is 0.571. The van der Waals surface area contributed by atoms with Crippen LogP contribution in [0, 0.1) is 0 Å². The van der Waals surface area contributed by atoms with Gasteiger partial charge < -0.3 is 10.6 Å². The molecule has 3 N–H and O–H groups in total. The zero-order valence-corrected chi connectivity index (χ0v) is 12.9. The third kappa shape index (κ3) is 3.07. The number of nitrogens with one attached hydrogen (secondary N) is 1. The van der Waals surface area contributed by atoms with Crippen molar-refractivity contribution in [2.75, 3.05) is 24.7 Å². The van der Waals surface area contributed by atoms with Crippen LogP contribution in [-0.4, -0.2) is 28.6 Å². The average molecular weight is 297 g/mol. The Labute approximate surface area is 121 Å². The Balaban J connectivity index is 2.25. The third-order valence-corrected chi connectivity index (χ3v) is 5.49. The first-order chi connectivity index (χ1) is 9.45. The summed E-state index contributed by atoms with van der Waals surface area (Å²) in [7, 11) is -0.00448. The number of sulfonamides is 1. The molecule has 6 heteroatoms. The summed E-state index contributed by atoms with van der Waals surface area (Å²) in [5, 5.41) is 0. The molecule has 0 bridgehead atoms. The van der Waals surface area contributed by atoms with Crippen molar-refractivity contribution < 1.29 is 8.42 Å². The fourth-order valence-corrected chi connectivity index (χ4v) is 3.57. The lowest BCUT2D eigenvalue weighted by Gasteiger charge is -2.33. The van der Waals surface area contributed by atoms with Gasteiger partial charge >= 0.3 is 0 Å². The molecule has 0 aliphatic heterocycles. The fourth-order valence-electron chi connectivity index (χ4n) is 2.80. The van der Waals surface area contributed by atoms with Crippen molar-refractivity contribution in [1.82, 2.24) is 4.72 Å². The molecule has 0 unspecified atom stereocenters. The van der Waals surface area contributed by atoms with E-state index in [0.717, 1.165) is 5.69 Å². The minimum atomic E-state index is -3.44. The van der Waals surface area contributed by atoms with Gasteiger partial charge in [0.1, 0.15) is 0 Å². The van der Waals surface area contributed by atoms with Gasteiger partial charge in [-0.3, -0.25) is 0 Å². The molecule has 0 amide bonds. The molecular formula is C14H23N3O2S. The van der Waals surface area contributed by atoms with Crippen LogP contribution in [0.4, 0.5) is 11.4 Å². The summed E-state index contributed by atoms with van der Waals surface area (Å²) < 4.78 is 25.8. The van der Waals surface area contributed by atoms with E-state index in [4.69, 9.17) is 5.73 Å². The van der Waals surface area contributed by atoms with Crippen LogP contribution in [0.15, 0.2) is 23.1 Å². The van der Waals surface area contributed by atoms with E-state index < -0.39 is 10.0 Å². The highest BCUT2D eigenvalue weighted by atomic mass is 32.2. The van der Waals surface area contributed by atoms with E-state index in [1.165, 1.54) is 45.2 Å². The summed E-state index contributed by atoms with van der Waals surface area (Å²) in [5.41, 5.74) is 7.46. The first-order valence-electron chi connectivity index (χ1n) is 7.01. The maximum Gasteiger partial charge on any atom is 0.240 e. The van der Waals surface area contributed by atoms with Crippen molar-refractivity contribution in [1.29, 1.82) is 0 Å². The van der Waals surface area contributed by atoms with Crippen LogP contribution in [0.5, 0.6) is 0 Å². The molecule has 2 rings (SSSR count). The van der Waals surface area contributed by atoms with Crippen LogP contribution in [0.1, 0.15) is 32.1 Å². The highest BCUT2D eigenvalue weighted by Crippen LogP contribution is 2.31. The predicted molar refractivity (Wildman–Crippen MR) is 82.4 cm³/mol. The van der Waals surface area contributed by atoms with Gasteiger partial charge in [0, 0.05) is 13.1 Å². The minimum Gasteiger partial charge on any atom is -0.397 e. The van der Waals surface area contributed by atoms with Gasteiger partial charge in [0.2, 0.25) is 10.0 Å². The lowest BCUT2D eigenvalue weighted by atomic mass is 9.94. The first kappa shape index (κ1) is 15.1. The van der Waals surface area contributed by atoms with Gasteiger partial charge in [-0.05, 0) is 38.1 Å². The molecule has 20 heavy (non-hydrogen) atoms. The SMILES string of the molecule is CNS(=O)(=O)c1ccc(N(C)C2CCCCC2)c(N)c1. The monoisotopic (exact) mass is 297 g/mol. The van der Waals surface area contributed by atoms with E-state index in [-0.39, 0.29) is 4.90 Å². The first-order valence-corrected chi connectivity index (χ1v) is 8.50. The lowest BCUT2D eigenvalue weighted by Crippen LogP contribution is -2.33. The summed E-state index contributed by atoms with van der Waals surface area (Å²) >= 11 is 0. The molecule has 1 fully saturated rings. The highest BCUT2D eigenvalue weighted by molar-refractivity contribution is 7.89. The molecule has 1 saturated carbocycles. The van der Waals surface area contributed by atoms with Gasteiger partial charge in [-0.25, -0.2) is 13.1 Å². The molecule has 1 aromatic rings. The number of nitrogens with zero attached hydrogens (tertiary/aromatic N) is 1. The van der Waals surface area contributed by atoms with E-state index in [2.05, 4.69) is 9.62 Å².